The summed E-state index contributed by atoms with van der Waals surface area (Å²) >= 11 is 0. The molecule has 3 aliphatic rings. The van der Waals surface area contributed by atoms with E-state index >= 15 is 0 Å². The number of rotatable bonds is 5. The van der Waals surface area contributed by atoms with Crippen molar-refractivity contribution in [3.8, 4) is 5.75 Å². The molecule has 0 spiro atoms. The smallest absolute Gasteiger partial charge is 0.410 e. The number of methoxy groups -OCH3 is 1. The van der Waals surface area contributed by atoms with E-state index in [0.29, 0.717) is 12.6 Å². The number of hydrogen-bond donors (Lipinski definition) is 0. The second-order valence-electron chi connectivity index (χ2n) is 8.07. The van der Waals surface area contributed by atoms with Crippen LogP contribution in [0.1, 0.15) is 16.7 Å². The summed E-state index contributed by atoms with van der Waals surface area (Å²) < 4.78 is 10.9. The molecule has 1 aliphatic carbocycles. The number of nitrogens with zero attached hydrogens (tertiary/aromatic N) is 2. The summed E-state index contributed by atoms with van der Waals surface area (Å²) in [6.07, 6.45) is 2.90. The van der Waals surface area contributed by atoms with Gasteiger partial charge in [-0.25, -0.2) is 4.79 Å². The lowest BCUT2D eigenvalue weighted by atomic mass is 10.1. The Morgan fingerprint density at radius 1 is 1.04 bits per heavy atom. The maximum absolute atomic E-state index is 12.4. The summed E-state index contributed by atoms with van der Waals surface area (Å²) in [4.78, 5) is 16.9. The van der Waals surface area contributed by atoms with Crippen molar-refractivity contribution in [2.75, 3.05) is 26.7 Å². The third kappa shape index (κ3) is 3.14. The summed E-state index contributed by atoms with van der Waals surface area (Å²) in [6, 6.07) is 17.5. The van der Waals surface area contributed by atoms with Crippen LogP contribution in [0.2, 0.25) is 0 Å². The van der Waals surface area contributed by atoms with Gasteiger partial charge in [0, 0.05) is 25.7 Å². The van der Waals surface area contributed by atoms with Gasteiger partial charge in [0.15, 0.2) is 0 Å². The molecule has 2 heterocycles. The molecule has 0 radical (unpaired) electrons. The Kier molecular flexibility index (Phi) is 4.47. The molecule has 2 aromatic rings. The highest BCUT2D eigenvalue weighted by atomic mass is 16.6. The molecule has 2 aromatic carbocycles. The molecule has 2 fully saturated rings. The van der Waals surface area contributed by atoms with Crippen molar-refractivity contribution >= 4 is 6.09 Å². The number of benzene rings is 2. The largest absolute Gasteiger partial charge is 0.497 e. The van der Waals surface area contributed by atoms with Crippen LogP contribution in [0, 0.1) is 0 Å². The van der Waals surface area contributed by atoms with Crippen molar-refractivity contribution in [1.82, 2.24) is 9.80 Å². The predicted molar refractivity (Wildman–Crippen MR) is 107 cm³/mol. The molecule has 2 atom stereocenters. The third-order valence-electron chi connectivity index (χ3n) is 6.50. The highest BCUT2D eigenvalue weighted by Crippen LogP contribution is 2.33. The first-order valence-corrected chi connectivity index (χ1v) is 10.1. The van der Waals surface area contributed by atoms with E-state index < -0.39 is 0 Å². The third-order valence-corrected chi connectivity index (χ3v) is 6.50. The van der Waals surface area contributed by atoms with Gasteiger partial charge in [-0.2, -0.15) is 0 Å². The second kappa shape index (κ2) is 7.13. The van der Waals surface area contributed by atoms with Crippen LogP contribution in [0.3, 0.4) is 0 Å². The van der Waals surface area contributed by atoms with E-state index in [1.54, 1.807) is 7.11 Å². The van der Waals surface area contributed by atoms with Gasteiger partial charge in [-0.3, -0.25) is 9.80 Å². The molecule has 5 heteroatoms. The first-order valence-electron chi connectivity index (χ1n) is 10.1. The number of ether oxygens (including phenoxy) is 2. The number of carbonyl (C=O) groups excluding carboxylic acids is 1. The maximum Gasteiger partial charge on any atom is 0.410 e. The summed E-state index contributed by atoms with van der Waals surface area (Å²) in [7, 11) is 1.67. The van der Waals surface area contributed by atoms with E-state index in [-0.39, 0.29) is 18.2 Å². The molecular weight excluding hydrogens is 352 g/mol. The average Bonchev–Trinajstić information content (AvgIpc) is 3.39. The molecule has 5 rings (SSSR count). The van der Waals surface area contributed by atoms with Gasteiger partial charge in [-0.1, -0.05) is 36.4 Å². The number of carbonyl (C=O) groups is 1. The lowest BCUT2D eigenvalue weighted by Gasteiger charge is -2.26. The summed E-state index contributed by atoms with van der Waals surface area (Å²) in [6.45, 7) is 2.47. The molecule has 5 nitrogen and oxygen atoms in total. The Bertz CT molecular complexity index is 841. The van der Waals surface area contributed by atoms with Gasteiger partial charge in [0.1, 0.15) is 11.9 Å². The van der Waals surface area contributed by atoms with Gasteiger partial charge >= 0.3 is 6.09 Å². The van der Waals surface area contributed by atoms with Crippen molar-refractivity contribution in [3.63, 3.8) is 0 Å². The fraction of sp³-hybridized carbons (Fsp3) is 0.435. The summed E-state index contributed by atoms with van der Waals surface area (Å²) in [5, 5.41) is 0. The van der Waals surface area contributed by atoms with Gasteiger partial charge in [0.25, 0.3) is 0 Å². The van der Waals surface area contributed by atoms with Crippen LogP contribution >= 0.6 is 0 Å². The minimum absolute atomic E-state index is 0.00656. The zero-order valence-corrected chi connectivity index (χ0v) is 16.2. The van der Waals surface area contributed by atoms with E-state index in [9.17, 15) is 4.79 Å². The first-order chi connectivity index (χ1) is 13.7. The van der Waals surface area contributed by atoms with E-state index in [2.05, 4.69) is 41.3 Å². The highest BCUT2D eigenvalue weighted by Gasteiger charge is 2.49. The Labute approximate surface area is 165 Å². The quantitative estimate of drug-likeness (QED) is 0.802. The molecule has 0 N–H and O–H groups in total. The Balaban J connectivity index is 1.21. The fourth-order valence-electron chi connectivity index (χ4n) is 4.92. The monoisotopic (exact) mass is 378 g/mol. The molecule has 28 heavy (non-hydrogen) atoms. The standard InChI is InChI=1S/C23H26N2O3/c1-27-20-8-6-16(7-9-20)10-11-25-21-14-24(15-22(21)28-23(25)26)19-12-17-4-2-3-5-18(17)13-19/h2-9,19,21-22H,10-15H2,1H3/t21-,22+/m1/s1. The van der Waals surface area contributed by atoms with Gasteiger partial charge in [0.2, 0.25) is 0 Å². The Morgan fingerprint density at radius 3 is 2.43 bits per heavy atom. The second-order valence-corrected chi connectivity index (χ2v) is 8.07. The lowest BCUT2D eigenvalue weighted by Crippen LogP contribution is -2.41. The van der Waals surface area contributed by atoms with Gasteiger partial charge in [-0.05, 0) is 48.1 Å². The van der Waals surface area contributed by atoms with Gasteiger partial charge < -0.3 is 9.47 Å². The topological polar surface area (TPSA) is 42.0 Å². The molecule has 2 saturated heterocycles. The lowest BCUT2D eigenvalue weighted by molar-refractivity contribution is 0.113. The molecule has 0 bridgehead atoms. The van der Waals surface area contributed by atoms with E-state index in [1.807, 2.05) is 17.0 Å². The van der Waals surface area contributed by atoms with Crippen molar-refractivity contribution in [2.45, 2.75) is 37.5 Å². The number of amides is 1. The molecular formula is C23H26N2O3. The Hall–Kier alpha value is -2.53. The summed E-state index contributed by atoms with van der Waals surface area (Å²) in [5.74, 6) is 0.855. The van der Waals surface area contributed by atoms with Gasteiger partial charge in [0.05, 0.1) is 13.2 Å². The summed E-state index contributed by atoms with van der Waals surface area (Å²) in [5.41, 5.74) is 4.15. The van der Waals surface area contributed by atoms with Crippen LogP contribution in [0.4, 0.5) is 4.79 Å². The zero-order chi connectivity index (χ0) is 19.1. The molecule has 146 valence electrons. The maximum atomic E-state index is 12.4. The van der Waals surface area contributed by atoms with Crippen molar-refractivity contribution in [1.29, 1.82) is 0 Å². The van der Waals surface area contributed by atoms with E-state index in [0.717, 1.165) is 38.1 Å². The molecule has 1 amide bonds. The van der Waals surface area contributed by atoms with Crippen LogP contribution < -0.4 is 4.74 Å². The molecule has 0 aromatic heterocycles. The molecule has 0 saturated carbocycles. The van der Waals surface area contributed by atoms with Crippen LogP contribution in [0.5, 0.6) is 5.75 Å². The van der Waals surface area contributed by atoms with Crippen LogP contribution in [-0.4, -0.2) is 60.8 Å². The van der Waals surface area contributed by atoms with Gasteiger partial charge in [-0.15, -0.1) is 0 Å². The van der Waals surface area contributed by atoms with Crippen LogP contribution in [0.25, 0.3) is 0 Å². The van der Waals surface area contributed by atoms with E-state index in [1.165, 1.54) is 16.7 Å². The fourth-order valence-corrected chi connectivity index (χ4v) is 4.92. The normalized spacial score (nSPS) is 24.3. The first kappa shape index (κ1) is 17.6. The predicted octanol–water partition coefficient (Wildman–Crippen LogP) is 2.91. The van der Waals surface area contributed by atoms with Crippen molar-refractivity contribution < 1.29 is 14.3 Å². The zero-order valence-electron chi connectivity index (χ0n) is 16.2. The highest BCUT2D eigenvalue weighted by molar-refractivity contribution is 5.71. The number of likely N-dealkylation sites (tertiary alicyclic amines) is 1. The number of fused-ring (bicyclic) bond motifs is 2. The van der Waals surface area contributed by atoms with Crippen LogP contribution in [-0.2, 0) is 24.0 Å². The van der Waals surface area contributed by atoms with Crippen molar-refractivity contribution in [2.24, 2.45) is 0 Å². The minimum Gasteiger partial charge on any atom is -0.497 e. The van der Waals surface area contributed by atoms with Crippen LogP contribution in [0.15, 0.2) is 48.5 Å². The average molecular weight is 378 g/mol. The van der Waals surface area contributed by atoms with E-state index in [4.69, 9.17) is 9.47 Å². The van der Waals surface area contributed by atoms with Crippen molar-refractivity contribution in [3.05, 3.63) is 65.2 Å². The number of hydrogen-bond acceptors (Lipinski definition) is 4. The minimum atomic E-state index is -0.155. The SMILES string of the molecule is COc1ccc(CCN2C(=O)O[C@H]3CN(C4Cc5ccccc5C4)C[C@H]32)cc1. The Morgan fingerprint density at radius 2 is 1.75 bits per heavy atom. The molecule has 0 unspecified atom stereocenters. The molecule has 2 aliphatic heterocycles.